The minimum atomic E-state index is -0.823. The molecule has 1 saturated heterocycles. The van der Waals surface area contributed by atoms with Crippen molar-refractivity contribution in [2.45, 2.75) is 19.4 Å². The highest BCUT2D eigenvalue weighted by molar-refractivity contribution is 5.94. The largest absolute Gasteiger partial charge is 0.348 e. The Balaban J connectivity index is 0.00000162. The summed E-state index contributed by atoms with van der Waals surface area (Å²) in [6.45, 7) is 3.03. The molecule has 0 saturated carbocycles. The van der Waals surface area contributed by atoms with Crippen LogP contribution in [0.15, 0.2) is 12.1 Å². The van der Waals surface area contributed by atoms with E-state index in [-0.39, 0.29) is 29.6 Å². The Morgan fingerprint density at radius 3 is 2.72 bits per heavy atom. The van der Waals surface area contributed by atoms with Crippen LogP contribution in [-0.2, 0) is 0 Å². The van der Waals surface area contributed by atoms with Gasteiger partial charge < -0.3 is 10.6 Å². The van der Waals surface area contributed by atoms with Gasteiger partial charge in [0, 0.05) is 18.7 Å². The molecule has 2 N–H and O–H groups in total. The first-order valence-electron chi connectivity index (χ1n) is 5.55. The van der Waals surface area contributed by atoms with Crippen molar-refractivity contribution in [2.24, 2.45) is 0 Å². The van der Waals surface area contributed by atoms with Gasteiger partial charge in [0.2, 0.25) is 0 Å². The maximum Gasteiger partial charge on any atom is 0.254 e. The van der Waals surface area contributed by atoms with E-state index in [1.807, 2.05) is 0 Å². The number of nitrogens with one attached hydrogen (secondary N) is 2. The Kier molecular flexibility index (Phi) is 5.04. The Morgan fingerprint density at radius 1 is 1.39 bits per heavy atom. The molecule has 3 nitrogen and oxygen atoms in total. The molecule has 1 unspecified atom stereocenters. The van der Waals surface area contributed by atoms with Crippen molar-refractivity contribution in [3.63, 3.8) is 0 Å². The standard InChI is InChI=1S/C12H14F2N2O.ClH/c1-7-4-9(11(14)5-10(7)13)12(17)16-8-2-3-15-6-8;/h4-5,8,15H,2-3,6H2,1H3,(H,16,17);1H. The van der Waals surface area contributed by atoms with Crippen molar-refractivity contribution < 1.29 is 13.6 Å². The third-order valence-electron chi connectivity index (χ3n) is 2.89. The summed E-state index contributed by atoms with van der Waals surface area (Å²) in [5, 5.41) is 5.81. The number of hydrogen-bond acceptors (Lipinski definition) is 2. The van der Waals surface area contributed by atoms with Crippen LogP contribution in [-0.4, -0.2) is 25.0 Å². The third-order valence-corrected chi connectivity index (χ3v) is 2.89. The number of aryl methyl sites for hydroxylation is 1. The molecule has 0 aliphatic carbocycles. The molecule has 0 spiro atoms. The number of benzene rings is 1. The van der Waals surface area contributed by atoms with Crippen LogP contribution >= 0.6 is 12.4 Å². The van der Waals surface area contributed by atoms with Crippen LogP contribution in [0.2, 0.25) is 0 Å². The van der Waals surface area contributed by atoms with Crippen molar-refractivity contribution in [1.29, 1.82) is 0 Å². The number of halogens is 3. The molecule has 0 aromatic heterocycles. The Labute approximate surface area is 110 Å². The molecule has 1 aliphatic rings. The zero-order valence-corrected chi connectivity index (χ0v) is 10.7. The van der Waals surface area contributed by atoms with E-state index in [9.17, 15) is 13.6 Å². The Bertz CT molecular complexity index is 448. The number of hydrogen-bond donors (Lipinski definition) is 2. The van der Waals surface area contributed by atoms with Crippen molar-refractivity contribution in [1.82, 2.24) is 10.6 Å². The van der Waals surface area contributed by atoms with Gasteiger partial charge in [0.15, 0.2) is 0 Å². The fraction of sp³-hybridized carbons (Fsp3) is 0.417. The van der Waals surface area contributed by atoms with E-state index < -0.39 is 17.5 Å². The molecule has 0 bridgehead atoms. The summed E-state index contributed by atoms with van der Waals surface area (Å²) < 4.78 is 26.5. The minimum absolute atomic E-state index is 0. The zero-order valence-electron chi connectivity index (χ0n) is 9.93. The van der Waals surface area contributed by atoms with Crippen LogP contribution in [0, 0.1) is 18.6 Å². The first kappa shape index (κ1) is 14.9. The number of amides is 1. The summed E-state index contributed by atoms with van der Waals surface area (Å²) >= 11 is 0. The van der Waals surface area contributed by atoms with E-state index in [1.54, 1.807) is 0 Å². The van der Waals surface area contributed by atoms with Gasteiger partial charge in [-0.05, 0) is 31.5 Å². The summed E-state index contributed by atoms with van der Waals surface area (Å²) in [7, 11) is 0. The molecular formula is C12H15ClF2N2O. The average Bonchev–Trinajstić information content (AvgIpc) is 2.76. The molecule has 0 radical (unpaired) electrons. The second-order valence-electron chi connectivity index (χ2n) is 4.24. The maximum atomic E-state index is 13.4. The molecule has 6 heteroatoms. The lowest BCUT2D eigenvalue weighted by Crippen LogP contribution is -2.36. The molecule has 1 aromatic rings. The molecule has 1 aromatic carbocycles. The molecule has 100 valence electrons. The van der Waals surface area contributed by atoms with Gasteiger partial charge in [-0.25, -0.2) is 8.78 Å². The summed E-state index contributed by atoms with van der Waals surface area (Å²) in [5.41, 5.74) is 0.164. The third kappa shape index (κ3) is 3.17. The smallest absolute Gasteiger partial charge is 0.254 e. The quantitative estimate of drug-likeness (QED) is 0.865. The highest BCUT2D eigenvalue weighted by Gasteiger charge is 2.20. The first-order valence-corrected chi connectivity index (χ1v) is 5.55. The van der Waals surface area contributed by atoms with E-state index in [0.29, 0.717) is 6.54 Å². The van der Waals surface area contributed by atoms with Crippen LogP contribution in [0.4, 0.5) is 8.78 Å². The van der Waals surface area contributed by atoms with Gasteiger partial charge in [-0.1, -0.05) is 0 Å². The molecule has 2 rings (SSSR count). The highest BCUT2D eigenvalue weighted by atomic mass is 35.5. The van der Waals surface area contributed by atoms with Gasteiger partial charge >= 0.3 is 0 Å². The zero-order chi connectivity index (χ0) is 12.4. The van der Waals surface area contributed by atoms with E-state index in [2.05, 4.69) is 10.6 Å². The number of carbonyl (C=O) groups is 1. The van der Waals surface area contributed by atoms with Crippen molar-refractivity contribution in [3.8, 4) is 0 Å². The van der Waals surface area contributed by atoms with Gasteiger partial charge in [0.1, 0.15) is 11.6 Å². The second-order valence-corrected chi connectivity index (χ2v) is 4.24. The minimum Gasteiger partial charge on any atom is -0.348 e. The molecule has 18 heavy (non-hydrogen) atoms. The average molecular weight is 277 g/mol. The van der Waals surface area contributed by atoms with Gasteiger partial charge in [-0.2, -0.15) is 0 Å². The predicted octanol–water partition coefficient (Wildman–Crippen LogP) is 1.79. The van der Waals surface area contributed by atoms with Gasteiger partial charge in [0.05, 0.1) is 5.56 Å². The Morgan fingerprint density at radius 2 is 2.11 bits per heavy atom. The molecule has 1 aliphatic heterocycles. The number of rotatable bonds is 2. The van der Waals surface area contributed by atoms with E-state index >= 15 is 0 Å². The lowest BCUT2D eigenvalue weighted by atomic mass is 10.1. The summed E-state index contributed by atoms with van der Waals surface area (Å²) in [5.74, 6) is -1.95. The lowest BCUT2D eigenvalue weighted by Gasteiger charge is -2.12. The second kappa shape index (κ2) is 6.11. The summed E-state index contributed by atoms with van der Waals surface area (Å²) in [4.78, 5) is 11.8. The van der Waals surface area contributed by atoms with E-state index in [0.717, 1.165) is 19.0 Å². The normalized spacial score (nSPS) is 18.3. The van der Waals surface area contributed by atoms with Gasteiger partial charge in [-0.15, -0.1) is 12.4 Å². The van der Waals surface area contributed by atoms with E-state index in [1.165, 1.54) is 13.0 Å². The number of carbonyl (C=O) groups excluding carboxylic acids is 1. The molecule has 1 atom stereocenters. The predicted molar refractivity (Wildman–Crippen MR) is 67.1 cm³/mol. The maximum absolute atomic E-state index is 13.4. The van der Waals surface area contributed by atoms with Crippen molar-refractivity contribution >= 4 is 18.3 Å². The first-order chi connectivity index (χ1) is 8.08. The molecule has 1 amide bonds. The van der Waals surface area contributed by atoms with Crippen LogP contribution in [0.5, 0.6) is 0 Å². The molecule has 1 heterocycles. The fourth-order valence-electron chi connectivity index (χ4n) is 1.87. The monoisotopic (exact) mass is 276 g/mol. The van der Waals surface area contributed by atoms with Gasteiger partial charge in [-0.3, -0.25) is 4.79 Å². The van der Waals surface area contributed by atoms with Crippen LogP contribution in [0.3, 0.4) is 0 Å². The van der Waals surface area contributed by atoms with Crippen molar-refractivity contribution in [2.75, 3.05) is 13.1 Å². The van der Waals surface area contributed by atoms with Crippen LogP contribution in [0.25, 0.3) is 0 Å². The summed E-state index contributed by atoms with van der Waals surface area (Å²) in [6.07, 6.45) is 0.827. The Hall–Kier alpha value is -1.20. The van der Waals surface area contributed by atoms with Gasteiger partial charge in [0.25, 0.3) is 5.91 Å². The van der Waals surface area contributed by atoms with Crippen LogP contribution < -0.4 is 10.6 Å². The van der Waals surface area contributed by atoms with Crippen LogP contribution in [0.1, 0.15) is 22.3 Å². The summed E-state index contributed by atoms with van der Waals surface area (Å²) in [6, 6.07) is 2.01. The molecule has 1 fully saturated rings. The highest BCUT2D eigenvalue weighted by Crippen LogP contribution is 2.14. The van der Waals surface area contributed by atoms with Crippen molar-refractivity contribution in [3.05, 3.63) is 34.9 Å². The fourth-order valence-corrected chi connectivity index (χ4v) is 1.87. The lowest BCUT2D eigenvalue weighted by molar-refractivity contribution is 0.0936. The van der Waals surface area contributed by atoms with E-state index in [4.69, 9.17) is 0 Å². The SMILES string of the molecule is Cc1cc(C(=O)NC2CCNC2)c(F)cc1F.Cl. The topological polar surface area (TPSA) is 41.1 Å². The molecular weight excluding hydrogens is 262 g/mol.